The fraction of sp³-hybridized carbons (Fsp3) is 0.467. The fourth-order valence-electron chi connectivity index (χ4n) is 2.52. The van der Waals surface area contributed by atoms with Crippen molar-refractivity contribution in [2.75, 3.05) is 6.54 Å². The Morgan fingerprint density at radius 2 is 2.05 bits per heavy atom. The number of halogens is 1. The second-order valence-electron chi connectivity index (χ2n) is 6.14. The minimum absolute atomic E-state index is 0.000723. The van der Waals surface area contributed by atoms with E-state index in [1.807, 2.05) is 20.8 Å². The molecule has 0 aromatic heterocycles. The van der Waals surface area contributed by atoms with Crippen molar-refractivity contribution in [3.05, 3.63) is 35.6 Å². The van der Waals surface area contributed by atoms with Gasteiger partial charge in [-0.1, -0.05) is 32.9 Å². The molecule has 5 heteroatoms. The molecule has 1 aromatic carbocycles. The second-order valence-corrected chi connectivity index (χ2v) is 6.14. The third-order valence-corrected chi connectivity index (χ3v) is 3.36. The van der Waals surface area contributed by atoms with Crippen LogP contribution in [0.5, 0.6) is 0 Å². The predicted molar refractivity (Wildman–Crippen MR) is 73.2 cm³/mol. The van der Waals surface area contributed by atoms with Gasteiger partial charge >= 0.3 is 0 Å². The highest BCUT2D eigenvalue weighted by Crippen LogP contribution is 2.28. The Bertz CT molecular complexity index is 537. The van der Waals surface area contributed by atoms with Gasteiger partial charge in [-0.25, -0.2) is 4.39 Å². The third-order valence-electron chi connectivity index (χ3n) is 3.36. The Hall–Kier alpha value is -1.91. The molecule has 1 aromatic rings. The number of piperazine rings is 1. The monoisotopic (exact) mass is 278 g/mol. The van der Waals surface area contributed by atoms with Crippen molar-refractivity contribution in [3.8, 4) is 0 Å². The fourth-order valence-corrected chi connectivity index (χ4v) is 2.52. The minimum atomic E-state index is -0.549. The molecule has 0 saturated carbocycles. The van der Waals surface area contributed by atoms with Crippen molar-refractivity contribution in [1.82, 2.24) is 10.2 Å². The topological polar surface area (TPSA) is 49.4 Å². The first-order valence-corrected chi connectivity index (χ1v) is 6.60. The molecule has 20 heavy (non-hydrogen) atoms. The SMILES string of the molecule is CC(C)(C)C1C(=O)NCC(=O)N1Cc1cccc(F)c1. The summed E-state index contributed by atoms with van der Waals surface area (Å²) in [6.45, 7) is 5.98. The molecule has 1 fully saturated rings. The molecule has 0 aliphatic carbocycles. The van der Waals surface area contributed by atoms with Crippen LogP contribution in [0.4, 0.5) is 4.39 Å². The van der Waals surface area contributed by atoms with Crippen LogP contribution in [0, 0.1) is 11.2 Å². The summed E-state index contributed by atoms with van der Waals surface area (Å²) in [6, 6.07) is 5.55. The molecular formula is C15H19FN2O2. The number of amides is 2. The first kappa shape index (κ1) is 14.5. The van der Waals surface area contributed by atoms with E-state index in [9.17, 15) is 14.0 Å². The van der Waals surface area contributed by atoms with Gasteiger partial charge in [0.05, 0.1) is 6.54 Å². The summed E-state index contributed by atoms with van der Waals surface area (Å²) >= 11 is 0. The number of carbonyl (C=O) groups excluding carboxylic acids is 2. The molecule has 108 valence electrons. The number of nitrogens with one attached hydrogen (secondary N) is 1. The lowest BCUT2D eigenvalue weighted by Crippen LogP contribution is -2.62. The smallest absolute Gasteiger partial charge is 0.243 e. The number of nitrogens with zero attached hydrogens (tertiary/aromatic N) is 1. The largest absolute Gasteiger partial charge is 0.345 e. The lowest BCUT2D eigenvalue weighted by molar-refractivity contribution is -0.150. The average molecular weight is 278 g/mol. The van der Waals surface area contributed by atoms with Gasteiger partial charge in [0.1, 0.15) is 11.9 Å². The molecule has 2 rings (SSSR count). The van der Waals surface area contributed by atoms with Crippen LogP contribution in [-0.4, -0.2) is 29.3 Å². The first-order valence-electron chi connectivity index (χ1n) is 6.60. The third kappa shape index (κ3) is 2.98. The van der Waals surface area contributed by atoms with Crippen LogP contribution in [0.1, 0.15) is 26.3 Å². The zero-order chi connectivity index (χ0) is 14.9. The zero-order valence-electron chi connectivity index (χ0n) is 11.9. The van der Waals surface area contributed by atoms with Gasteiger partial charge in [0.15, 0.2) is 0 Å². The summed E-state index contributed by atoms with van der Waals surface area (Å²) in [7, 11) is 0. The van der Waals surface area contributed by atoms with E-state index in [-0.39, 0.29) is 36.1 Å². The maximum Gasteiger partial charge on any atom is 0.243 e. The number of hydrogen-bond donors (Lipinski definition) is 1. The molecule has 0 bridgehead atoms. The van der Waals surface area contributed by atoms with Crippen LogP contribution >= 0.6 is 0 Å². The van der Waals surface area contributed by atoms with Crippen LogP contribution in [0.25, 0.3) is 0 Å². The van der Waals surface area contributed by atoms with Crippen LogP contribution in [0.15, 0.2) is 24.3 Å². The van der Waals surface area contributed by atoms with Gasteiger partial charge in [0.2, 0.25) is 11.8 Å². The van der Waals surface area contributed by atoms with Gasteiger partial charge < -0.3 is 10.2 Å². The predicted octanol–water partition coefficient (Wildman–Crippen LogP) is 1.70. The van der Waals surface area contributed by atoms with E-state index in [1.165, 1.54) is 17.0 Å². The van der Waals surface area contributed by atoms with Crippen LogP contribution in [0.2, 0.25) is 0 Å². The van der Waals surface area contributed by atoms with Gasteiger partial charge in [-0.05, 0) is 23.1 Å². The molecule has 1 aliphatic heterocycles. The normalized spacial score (nSPS) is 20.0. The van der Waals surface area contributed by atoms with Crippen molar-refractivity contribution in [1.29, 1.82) is 0 Å². The van der Waals surface area contributed by atoms with Crippen LogP contribution in [0.3, 0.4) is 0 Å². The van der Waals surface area contributed by atoms with Gasteiger partial charge in [-0.15, -0.1) is 0 Å². The molecule has 0 radical (unpaired) electrons. The summed E-state index contributed by atoms with van der Waals surface area (Å²) in [4.78, 5) is 25.7. The highest BCUT2D eigenvalue weighted by molar-refractivity contribution is 5.95. The summed E-state index contributed by atoms with van der Waals surface area (Å²) in [5, 5.41) is 2.61. The van der Waals surface area contributed by atoms with Crippen molar-refractivity contribution >= 4 is 11.8 Å². The second kappa shape index (κ2) is 5.23. The Kier molecular flexibility index (Phi) is 3.79. The van der Waals surface area contributed by atoms with Crippen LogP contribution < -0.4 is 5.32 Å². The van der Waals surface area contributed by atoms with Gasteiger partial charge in [0.25, 0.3) is 0 Å². The zero-order valence-corrected chi connectivity index (χ0v) is 11.9. The number of benzene rings is 1. The summed E-state index contributed by atoms with van der Waals surface area (Å²) in [6.07, 6.45) is 0. The molecule has 1 unspecified atom stereocenters. The molecule has 1 N–H and O–H groups in total. The summed E-state index contributed by atoms with van der Waals surface area (Å²) in [5.74, 6) is -0.647. The van der Waals surface area contributed by atoms with E-state index in [0.29, 0.717) is 5.56 Å². The Morgan fingerprint density at radius 1 is 1.35 bits per heavy atom. The highest BCUT2D eigenvalue weighted by atomic mass is 19.1. The van der Waals surface area contributed by atoms with Crippen molar-refractivity contribution in [2.45, 2.75) is 33.4 Å². The van der Waals surface area contributed by atoms with Crippen molar-refractivity contribution in [3.63, 3.8) is 0 Å². The molecule has 1 heterocycles. The quantitative estimate of drug-likeness (QED) is 0.895. The molecule has 4 nitrogen and oxygen atoms in total. The van der Waals surface area contributed by atoms with E-state index >= 15 is 0 Å². The molecule has 1 aliphatic rings. The standard InChI is InChI=1S/C15H19FN2O2/c1-15(2,3)13-14(20)17-8-12(19)18(13)9-10-5-4-6-11(16)7-10/h4-7,13H,8-9H2,1-3H3,(H,17,20). The summed E-state index contributed by atoms with van der Waals surface area (Å²) < 4.78 is 13.2. The van der Waals surface area contributed by atoms with E-state index in [0.717, 1.165) is 0 Å². The molecule has 0 spiro atoms. The average Bonchev–Trinajstić information content (AvgIpc) is 2.32. The Morgan fingerprint density at radius 3 is 2.65 bits per heavy atom. The van der Waals surface area contributed by atoms with E-state index in [2.05, 4.69) is 5.32 Å². The van der Waals surface area contributed by atoms with E-state index in [4.69, 9.17) is 0 Å². The van der Waals surface area contributed by atoms with Gasteiger partial charge in [-0.2, -0.15) is 0 Å². The van der Waals surface area contributed by atoms with Crippen molar-refractivity contribution in [2.24, 2.45) is 5.41 Å². The van der Waals surface area contributed by atoms with E-state index < -0.39 is 6.04 Å². The molecular weight excluding hydrogens is 259 g/mol. The highest BCUT2D eigenvalue weighted by Gasteiger charge is 2.41. The Labute approximate surface area is 118 Å². The van der Waals surface area contributed by atoms with Gasteiger partial charge in [-0.3, -0.25) is 9.59 Å². The van der Waals surface area contributed by atoms with E-state index in [1.54, 1.807) is 12.1 Å². The number of hydrogen-bond acceptors (Lipinski definition) is 2. The lowest BCUT2D eigenvalue weighted by Gasteiger charge is -2.42. The van der Waals surface area contributed by atoms with Gasteiger partial charge in [0, 0.05) is 6.54 Å². The maximum atomic E-state index is 13.2. The Balaban J connectivity index is 2.29. The number of rotatable bonds is 2. The lowest BCUT2D eigenvalue weighted by atomic mass is 9.83. The summed E-state index contributed by atoms with van der Waals surface area (Å²) in [5.41, 5.74) is 0.301. The first-order chi connectivity index (χ1) is 9.29. The molecule has 1 atom stereocenters. The maximum absolute atomic E-state index is 13.2. The number of carbonyl (C=O) groups is 2. The minimum Gasteiger partial charge on any atom is -0.345 e. The molecule has 1 saturated heterocycles. The molecule has 2 amide bonds. The van der Waals surface area contributed by atoms with Crippen molar-refractivity contribution < 1.29 is 14.0 Å². The van der Waals surface area contributed by atoms with Crippen LogP contribution in [-0.2, 0) is 16.1 Å².